The number of carbonyl (C=O) groups is 1. The number of rotatable bonds is 6. The van der Waals surface area contributed by atoms with Crippen molar-refractivity contribution in [3.8, 4) is 0 Å². The summed E-state index contributed by atoms with van der Waals surface area (Å²) in [6, 6.07) is 4.83. The fourth-order valence-corrected chi connectivity index (χ4v) is 1.88. The summed E-state index contributed by atoms with van der Waals surface area (Å²) in [6.45, 7) is -0.0823. The number of aliphatic hydroxyl groups is 2. The van der Waals surface area contributed by atoms with E-state index in [4.69, 9.17) is 10.2 Å². The maximum absolute atomic E-state index is 10.7. The Hall–Kier alpha value is -0.910. The predicted molar refractivity (Wildman–Crippen MR) is 67.1 cm³/mol. The standard InChI is InChI=1S/C12H15BrO4/c13-5-1-2-8-6-9(11(15)12(16)17)3-4-10(8)7-14/h3-4,6,11,14-15H,1-2,5,7H2,(H,16,17). The molecule has 0 aromatic heterocycles. The maximum Gasteiger partial charge on any atom is 0.337 e. The van der Waals surface area contributed by atoms with Gasteiger partial charge < -0.3 is 15.3 Å². The molecule has 1 unspecified atom stereocenters. The van der Waals surface area contributed by atoms with Crippen molar-refractivity contribution in [2.24, 2.45) is 0 Å². The molecule has 1 atom stereocenters. The van der Waals surface area contributed by atoms with Gasteiger partial charge in [-0.3, -0.25) is 0 Å². The van der Waals surface area contributed by atoms with Crippen LogP contribution in [0, 0.1) is 0 Å². The molecule has 0 fully saturated rings. The van der Waals surface area contributed by atoms with Crippen molar-refractivity contribution in [2.75, 3.05) is 5.33 Å². The van der Waals surface area contributed by atoms with E-state index in [1.165, 1.54) is 6.07 Å². The number of hydrogen-bond donors (Lipinski definition) is 3. The Balaban J connectivity index is 2.99. The average Bonchev–Trinajstić information content (AvgIpc) is 2.34. The second-order valence-corrected chi connectivity index (χ2v) is 4.51. The van der Waals surface area contributed by atoms with E-state index in [-0.39, 0.29) is 6.61 Å². The Morgan fingerprint density at radius 3 is 2.59 bits per heavy atom. The molecule has 4 nitrogen and oxygen atoms in total. The first-order chi connectivity index (χ1) is 8.10. The van der Waals surface area contributed by atoms with Gasteiger partial charge in [-0.05, 0) is 29.5 Å². The highest BCUT2D eigenvalue weighted by Gasteiger charge is 2.16. The second kappa shape index (κ2) is 6.74. The number of aryl methyl sites for hydroxylation is 1. The topological polar surface area (TPSA) is 77.8 Å². The van der Waals surface area contributed by atoms with Crippen LogP contribution in [0.2, 0.25) is 0 Å². The molecule has 0 aliphatic heterocycles. The van der Waals surface area contributed by atoms with Crippen LogP contribution in [0.3, 0.4) is 0 Å². The smallest absolute Gasteiger partial charge is 0.337 e. The number of hydrogen-bond acceptors (Lipinski definition) is 3. The van der Waals surface area contributed by atoms with Crippen LogP contribution in [0.25, 0.3) is 0 Å². The molecule has 0 spiro atoms. The summed E-state index contributed by atoms with van der Waals surface area (Å²) in [5.41, 5.74) is 2.00. The zero-order valence-electron chi connectivity index (χ0n) is 9.27. The molecule has 0 aliphatic rings. The molecule has 0 saturated carbocycles. The van der Waals surface area contributed by atoms with E-state index < -0.39 is 12.1 Å². The summed E-state index contributed by atoms with van der Waals surface area (Å²) < 4.78 is 0. The summed E-state index contributed by atoms with van der Waals surface area (Å²) in [6.07, 6.45) is 0.117. The van der Waals surface area contributed by atoms with Gasteiger partial charge in [-0.25, -0.2) is 4.79 Å². The third-order valence-corrected chi connectivity index (χ3v) is 3.09. The largest absolute Gasteiger partial charge is 0.479 e. The number of carboxylic acids is 1. The van der Waals surface area contributed by atoms with Crippen molar-refractivity contribution in [1.29, 1.82) is 0 Å². The molecule has 5 heteroatoms. The zero-order chi connectivity index (χ0) is 12.8. The molecule has 0 radical (unpaired) electrons. The SMILES string of the molecule is O=C(O)C(O)c1ccc(CO)c(CCCBr)c1. The van der Waals surface area contributed by atoms with Crippen LogP contribution in [-0.2, 0) is 17.8 Å². The normalized spacial score (nSPS) is 12.4. The lowest BCUT2D eigenvalue weighted by atomic mass is 9.98. The van der Waals surface area contributed by atoms with Crippen LogP contribution in [0.15, 0.2) is 18.2 Å². The van der Waals surface area contributed by atoms with E-state index in [0.29, 0.717) is 5.56 Å². The molecule has 0 saturated heterocycles. The van der Waals surface area contributed by atoms with E-state index in [1.807, 2.05) is 0 Å². The number of alkyl halides is 1. The van der Waals surface area contributed by atoms with Gasteiger partial charge in [0.2, 0.25) is 0 Å². The van der Waals surface area contributed by atoms with Gasteiger partial charge in [0.05, 0.1) is 6.61 Å². The minimum absolute atomic E-state index is 0.0823. The van der Waals surface area contributed by atoms with E-state index in [2.05, 4.69) is 15.9 Å². The number of carboxylic acid groups (broad SMARTS) is 1. The molecule has 0 aliphatic carbocycles. The highest BCUT2D eigenvalue weighted by Crippen LogP contribution is 2.20. The van der Waals surface area contributed by atoms with E-state index >= 15 is 0 Å². The fraction of sp³-hybridized carbons (Fsp3) is 0.417. The quantitative estimate of drug-likeness (QED) is 0.698. The van der Waals surface area contributed by atoms with Gasteiger partial charge in [0.15, 0.2) is 6.10 Å². The van der Waals surface area contributed by atoms with Gasteiger partial charge in [-0.2, -0.15) is 0 Å². The zero-order valence-corrected chi connectivity index (χ0v) is 10.9. The molecule has 1 aromatic rings. The van der Waals surface area contributed by atoms with Crippen LogP contribution in [-0.4, -0.2) is 26.6 Å². The molecular formula is C12H15BrO4. The van der Waals surface area contributed by atoms with Crippen LogP contribution in [0.5, 0.6) is 0 Å². The van der Waals surface area contributed by atoms with Crippen molar-refractivity contribution >= 4 is 21.9 Å². The number of aliphatic carboxylic acids is 1. The molecular weight excluding hydrogens is 288 g/mol. The summed E-state index contributed by atoms with van der Waals surface area (Å²) in [7, 11) is 0. The highest BCUT2D eigenvalue weighted by molar-refractivity contribution is 9.09. The lowest BCUT2D eigenvalue weighted by Gasteiger charge is -2.11. The van der Waals surface area contributed by atoms with Crippen LogP contribution in [0.1, 0.15) is 29.2 Å². The van der Waals surface area contributed by atoms with Gasteiger partial charge in [0.1, 0.15) is 0 Å². The fourth-order valence-electron chi connectivity index (χ4n) is 1.60. The first kappa shape index (κ1) is 14.2. The van der Waals surface area contributed by atoms with Crippen LogP contribution >= 0.6 is 15.9 Å². The van der Waals surface area contributed by atoms with E-state index in [0.717, 1.165) is 29.3 Å². The second-order valence-electron chi connectivity index (χ2n) is 3.72. The van der Waals surface area contributed by atoms with Gasteiger partial charge in [0, 0.05) is 5.33 Å². The van der Waals surface area contributed by atoms with Crippen molar-refractivity contribution in [2.45, 2.75) is 25.6 Å². The number of benzene rings is 1. The van der Waals surface area contributed by atoms with Gasteiger partial charge >= 0.3 is 5.97 Å². The highest BCUT2D eigenvalue weighted by atomic mass is 79.9. The number of halogens is 1. The monoisotopic (exact) mass is 302 g/mol. The molecule has 0 bridgehead atoms. The van der Waals surface area contributed by atoms with E-state index in [1.54, 1.807) is 12.1 Å². The van der Waals surface area contributed by atoms with Crippen LogP contribution < -0.4 is 0 Å². The maximum atomic E-state index is 10.7. The Kier molecular flexibility index (Phi) is 5.61. The first-order valence-electron chi connectivity index (χ1n) is 5.29. The minimum Gasteiger partial charge on any atom is -0.479 e. The van der Waals surface area contributed by atoms with Gasteiger partial charge in [-0.15, -0.1) is 0 Å². The van der Waals surface area contributed by atoms with Crippen LogP contribution in [0.4, 0.5) is 0 Å². The molecule has 3 N–H and O–H groups in total. The van der Waals surface area contributed by atoms with E-state index in [9.17, 15) is 9.90 Å². The first-order valence-corrected chi connectivity index (χ1v) is 6.41. The summed E-state index contributed by atoms with van der Waals surface area (Å²) in [5, 5.41) is 28.2. The Labute approximate surface area is 108 Å². The van der Waals surface area contributed by atoms with Gasteiger partial charge in [-0.1, -0.05) is 34.1 Å². The Bertz CT molecular complexity index is 392. The Morgan fingerprint density at radius 1 is 1.35 bits per heavy atom. The Morgan fingerprint density at radius 2 is 2.06 bits per heavy atom. The third kappa shape index (κ3) is 3.80. The minimum atomic E-state index is -1.51. The molecule has 1 rings (SSSR count). The predicted octanol–water partition coefficient (Wildman–Crippen LogP) is 1.62. The number of aliphatic hydroxyl groups excluding tert-OH is 2. The molecule has 0 heterocycles. The lowest BCUT2D eigenvalue weighted by molar-refractivity contribution is -0.146. The van der Waals surface area contributed by atoms with Crippen molar-refractivity contribution < 1.29 is 20.1 Å². The van der Waals surface area contributed by atoms with Crippen molar-refractivity contribution in [1.82, 2.24) is 0 Å². The average molecular weight is 303 g/mol. The summed E-state index contributed by atoms with van der Waals surface area (Å²) >= 11 is 3.32. The molecule has 17 heavy (non-hydrogen) atoms. The van der Waals surface area contributed by atoms with Crippen molar-refractivity contribution in [3.63, 3.8) is 0 Å². The molecule has 94 valence electrons. The molecule has 0 amide bonds. The summed E-state index contributed by atoms with van der Waals surface area (Å²) in [5.74, 6) is -1.27. The van der Waals surface area contributed by atoms with Crippen molar-refractivity contribution in [3.05, 3.63) is 34.9 Å². The third-order valence-electron chi connectivity index (χ3n) is 2.53. The summed E-state index contributed by atoms with van der Waals surface area (Å²) in [4.78, 5) is 10.7. The lowest BCUT2D eigenvalue weighted by Crippen LogP contribution is -2.11. The molecule has 1 aromatic carbocycles. The van der Waals surface area contributed by atoms with Gasteiger partial charge in [0.25, 0.3) is 0 Å².